The molecule has 0 bridgehead atoms. The second-order valence-electron chi connectivity index (χ2n) is 5.42. The number of carbonyl (C=O) groups is 1. The van der Waals surface area contributed by atoms with Crippen molar-refractivity contribution in [1.29, 1.82) is 0 Å². The van der Waals surface area contributed by atoms with Crippen molar-refractivity contribution in [3.8, 4) is 0 Å². The standard InChI is InChI=1S/C15H23NO3/c1-4-6-7-11-10-12(18-14(17)16-11)8-9-13-15(3,5-2)19-13/h4,6,8,11,13H,5,7,9-10H2,1-3H3,(H,16,17)/b6-4+,12-8+/t11?,13?,15-/m0/s1. The molecule has 1 N–H and O–H groups in total. The van der Waals surface area contributed by atoms with Crippen LogP contribution in [0, 0.1) is 0 Å². The van der Waals surface area contributed by atoms with Crippen molar-refractivity contribution in [2.24, 2.45) is 0 Å². The second-order valence-corrected chi connectivity index (χ2v) is 5.42. The second kappa shape index (κ2) is 5.78. The number of amides is 1. The van der Waals surface area contributed by atoms with E-state index in [1.807, 2.05) is 19.1 Å². The van der Waals surface area contributed by atoms with Crippen molar-refractivity contribution in [3.63, 3.8) is 0 Å². The highest BCUT2D eigenvalue weighted by Gasteiger charge is 2.49. The minimum Gasteiger partial charge on any atom is -0.415 e. The first-order chi connectivity index (χ1) is 9.07. The zero-order valence-corrected chi connectivity index (χ0v) is 11.9. The van der Waals surface area contributed by atoms with E-state index in [4.69, 9.17) is 9.47 Å². The Morgan fingerprint density at radius 2 is 2.26 bits per heavy atom. The molecule has 106 valence electrons. The molecule has 2 unspecified atom stereocenters. The van der Waals surface area contributed by atoms with Crippen molar-refractivity contribution in [2.75, 3.05) is 0 Å². The van der Waals surface area contributed by atoms with Gasteiger partial charge in [-0.1, -0.05) is 19.1 Å². The molecule has 19 heavy (non-hydrogen) atoms. The predicted molar refractivity (Wildman–Crippen MR) is 73.7 cm³/mol. The molecule has 0 aromatic rings. The summed E-state index contributed by atoms with van der Waals surface area (Å²) >= 11 is 0. The van der Waals surface area contributed by atoms with Crippen LogP contribution in [0.15, 0.2) is 24.0 Å². The van der Waals surface area contributed by atoms with Gasteiger partial charge in [-0.25, -0.2) is 4.79 Å². The van der Waals surface area contributed by atoms with E-state index in [0.717, 1.165) is 31.4 Å². The Morgan fingerprint density at radius 1 is 1.47 bits per heavy atom. The Labute approximate surface area is 114 Å². The third-order valence-corrected chi connectivity index (χ3v) is 3.95. The quantitative estimate of drug-likeness (QED) is 0.613. The topological polar surface area (TPSA) is 50.9 Å². The van der Waals surface area contributed by atoms with Crippen molar-refractivity contribution in [2.45, 2.75) is 64.2 Å². The highest BCUT2D eigenvalue weighted by molar-refractivity contribution is 5.70. The van der Waals surface area contributed by atoms with Crippen molar-refractivity contribution in [1.82, 2.24) is 5.32 Å². The fourth-order valence-electron chi connectivity index (χ4n) is 2.36. The summed E-state index contributed by atoms with van der Waals surface area (Å²) in [6.07, 6.45) is 9.43. The molecular weight excluding hydrogens is 242 g/mol. The summed E-state index contributed by atoms with van der Waals surface area (Å²) in [5, 5.41) is 2.83. The third-order valence-electron chi connectivity index (χ3n) is 3.95. The molecule has 0 aromatic carbocycles. The predicted octanol–water partition coefficient (Wildman–Crippen LogP) is 3.29. The zero-order chi connectivity index (χ0) is 13.9. The molecule has 0 saturated carbocycles. The Hall–Kier alpha value is -1.29. The van der Waals surface area contributed by atoms with Crippen LogP contribution in [-0.4, -0.2) is 23.8 Å². The highest BCUT2D eigenvalue weighted by Crippen LogP contribution is 2.41. The summed E-state index contributed by atoms with van der Waals surface area (Å²) in [4.78, 5) is 11.5. The van der Waals surface area contributed by atoms with E-state index in [9.17, 15) is 4.79 Å². The first kappa shape index (κ1) is 14.1. The van der Waals surface area contributed by atoms with Gasteiger partial charge in [0.25, 0.3) is 0 Å². The van der Waals surface area contributed by atoms with Gasteiger partial charge in [0.1, 0.15) is 5.76 Å². The molecule has 2 aliphatic rings. The van der Waals surface area contributed by atoms with E-state index in [1.165, 1.54) is 0 Å². The van der Waals surface area contributed by atoms with Crippen molar-refractivity contribution >= 4 is 6.09 Å². The largest absolute Gasteiger partial charge is 0.415 e. The van der Waals surface area contributed by atoms with Crippen LogP contribution < -0.4 is 5.32 Å². The molecule has 0 radical (unpaired) electrons. The highest BCUT2D eigenvalue weighted by atomic mass is 16.6. The lowest BCUT2D eigenvalue weighted by Crippen LogP contribution is -2.40. The SMILES string of the molecule is C/C=C/CC1C/C(=C\CC2O[C@@]2(C)CC)OC(=O)N1. The van der Waals surface area contributed by atoms with Gasteiger partial charge in [-0.05, 0) is 39.2 Å². The van der Waals surface area contributed by atoms with Gasteiger partial charge in [0.15, 0.2) is 0 Å². The first-order valence-corrected chi connectivity index (χ1v) is 7.03. The van der Waals surface area contributed by atoms with Crippen LogP contribution in [0.5, 0.6) is 0 Å². The minimum absolute atomic E-state index is 0.0261. The number of cyclic esters (lactones) is 1. The summed E-state index contributed by atoms with van der Waals surface area (Å²) in [6.45, 7) is 6.23. The number of allylic oxidation sites excluding steroid dienone is 1. The molecule has 4 nitrogen and oxygen atoms in total. The molecule has 4 heteroatoms. The molecule has 2 aliphatic heterocycles. The van der Waals surface area contributed by atoms with Crippen LogP contribution in [0.2, 0.25) is 0 Å². The van der Waals surface area contributed by atoms with Gasteiger partial charge in [0.05, 0.1) is 11.7 Å². The number of hydrogen-bond acceptors (Lipinski definition) is 3. The van der Waals surface area contributed by atoms with Gasteiger partial charge >= 0.3 is 6.09 Å². The lowest BCUT2D eigenvalue weighted by atomic mass is 10.0. The Kier molecular flexibility index (Phi) is 4.30. The van der Waals surface area contributed by atoms with Gasteiger partial charge < -0.3 is 14.8 Å². The maximum atomic E-state index is 11.5. The van der Waals surface area contributed by atoms with Crippen molar-refractivity contribution in [3.05, 3.63) is 24.0 Å². The average molecular weight is 265 g/mol. The van der Waals surface area contributed by atoms with Crippen LogP contribution in [0.3, 0.4) is 0 Å². The van der Waals surface area contributed by atoms with Gasteiger partial charge in [-0.15, -0.1) is 0 Å². The zero-order valence-electron chi connectivity index (χ0n) is 11.9. The van der Waals surface area contributed by atoms with Gasteiger partial charge in [0.2, 0.25) is 0 Å². The van der Waals surface area contributed by atoms with E-state index < -0.39 is 0 Å². The van der Waals surface area contributed by atoms with Crippen LogP contribution >= 0.6 is 0 Å². The summed E-state index contributed by atoms with van der Waals surface area (Å²) in [6, 6.07) is 0.140. The molecule has 0 aromatic heterocycles. The number of epoxide rings is 1. The third kappa shape index (κ3) is 3.60. The monoisotopic (exact) mass is 265 g/mol. The fraction of sp³-hybridized carbons (Fsp3) is 0.667. The van der Waals surface area contributed by atoms with Crippen LogP contribution in [0.4, 0.5) is 4.79 Å². The maximum absolute atomic E-state index is 11.5. The minimum atomic E-state index is -0.345. The summed E-state index contributed by atoms with van der Waals surface area (Å²) < 4.78 is 10.9. The van der Waals surface area contributed by atoms with E-state index in [1.54, 1.807) is 0 Å². The number of rotatable bonds is 5. The smallest absolute Gasteiger partial charge is 0.412 e. The number of nitrogens with one attached hydrogen (secondary N) is 1. The van der Waals surface area contributed by atoms with E-state index >= 15 is 0 Å². The summed E-state index contributed by atoms with van der Waals surface area (Å²) in [7, 11) is 0. The van der Waals surface area contributed by atoms with Crippen LogP contribution in [0.1, 0.15) is 46.5 Å². The number of ether oxygens (including phenoxy) is 2. The van der Waals surface area contributed by atoms with E-state index in [0.29, 0.717) is 0 Å². The normalized spacial score (nSPS) is 36.4. The fourth-order valence-corrected chi connectivity index (χ4v) is 2.36. The summed E-state index contributed by atoms with van der Waals surface area (Å²) in [5.41, 5.74) is 0.0261. The number of hydrogen-bond donors (Lipinski definition) is 1. The molecule has 2 heterocycles. The average Bonchev–Trinajstić information content (AvgIpc) is 3.05. The lowest BCUT2D eigenvalue weighted by molar-refractivity contribution is 0.150. The van der Waals surface area contributed by atoms with E-state index in [2.05, 4.69) is 25.2 Å². The van der Waals surface area contributed by atoms with Crippen LogP contribution in [-0.2, 0) is 9.47 Å². The van der Waals surface area contributed by atoms with Gasteiger partial charge in [-0.2, -0.15) is 0 Å². The molecular formula is C15H23NO3. The summed E-state index contributed by atoms with van der Waals surface area (Å²) in [5.74, 6) is 0.771. The maximum Gasteiger partial charge on any atom is 0.412 e. The van der Waals surface area contributed by atoms with E-state index in [-0.39, 0.29) is 23.8 Å². The molecule has 0 spiro atoms. The first-order valence-electron chi connectivity index (χ1n) is 7.03. The van der Waals surface area contributed by atoms with Crippen LogP contribution in [0.25, 0.3) is 0 Å². The molecule has 3 atom stereocenters. The molecule has 0 aliphatic carbocycles. The molecule has 2 fully saturated rings. The van der Waals surface area contributed by atoms with Gasteiger partial charge in [-0.3, -0.25) is 0 Å². The van der Waals surface area contributed by atoms with Crippen molar-refractivity contribution < 1.29 is 14.3 Å². The number of carbonyl (C=O) groups excluding carboxylic acids is 1. The lowest BCUT2D eigenvalue weighted by Gasteiger charge is -2.24. The van der Waals surface area contributed by atoms with Gasteiger partial charge in [0, 0.05) is 12.5 Å². The molecule has 2 saturated heterocycles. The molecule has 1 amide bonds. The Morgan fingerprint density at radius 3 is 2.89 bits per heavy atom. The molecule has 2 rings (SSSR count). The Balaban J connectivity index is 1.87. The Bertz CT molecular complexity index is 402. The number of alkyl carbamates (subject to hydrolysis) is 1.